The summed E-state index contributed by atoms with van der Waals surface area (Å²) in [5.74, 6) is 0.468. The highest BCUT2D eigenvalue weighted by atomic mass is 31.2. The molecule has 0 unspecified atom stereocenters. The van der Waals surface area contributed by atoms with E-state index in [-0.39, 0.29) is 0 Å². The average Bonchev–Trinajstić information content (AvgIpc) is 2.04. The van der Waals surface area contributed by atoms with Crippen LogP contribution in [0.1, 0.15) is 5.56 Å². The molecule has 2 N–H and O–H groups in total. The van der Waals surface area contributed by atoms with Crippen molar-refractivity contribution in [1.82, 2.24) is 0 Å². The van der Waals surface area contributed by atoms with Gasteiger partial charge in [0.1, 0.15) is 5.75 Å². The number of benzene rings is 1. The highest BCUT2D eigenvalue weighted by molar-refractivity contribution is 7.39. The molecule has 0 bridgehead atoms. The Balaban J connectivity index is 2.72. The molecule has 0 saturated carbocycles. The molecule has 1 aromatic rings. The summed E-state index contributed by atoms with van der Waals surface area (Å²) in [5, 5.41) is 0. The summed E-state index contributed by atoms with van der Waals surface area (Å²) in [4.78, 5) is 17.2. The van der Waals surface area contributed by atoms with Gasteiger partial charge in [0.05, 0.1) is 0 Å². The maximum absolute atomic E-state index is 8.60. The van der Waals surface area contributed by atoms with E-state index in [1.165, 1.54) is 0 Å². The molecule has 13 heavy (non-hydrogen) atoms. The molecule has 0 atom stereocenters. The third kappa shape index (κ3) is 3.55. The van der Waals surface area contributed by atoms with E-state index in [4.69, 9.17) is 14.3 Å². The second kappa shape index (κ2) is 4.97. The highest BCUT2D eigenvalue weighted by Crippen LogP contribution is 2.29. The third-order valence-electron chi connectivity index (χ3n) is 1.47. The fourth-order valence-electron chi connectivity index (χ4n) is 0.990. The van der Waals surface area contributed by atoms with Gasteiger partial charge in [-0.25, -0.2) is 0 Å². The van der Waals surface area contributed by atoms with Crippen molar-refractivity contribution in [3.63, 3.8) is 0 Å². The van der Waals surface area contributed by atoms with Crippen LogP contribution in [0.15, 0.2) is 36.9 Å². The molecule has 0 aliphatic rings. The molecule has 0 fully saturated rings. The van der Waals surface area contributed by atoms with Gasteiger partial charge in [0, 0.05) is 0 Å². The first-order chi connectivity index (χ1) is 6.22. The lowest BCUT2D eigenvalue weighted by Gasteiger charge is -2.05. The molecular weight excluding hydrogens is 187 g/mol. The third-order valence-corrected chi connectivity index (χ3v) is 1.84. The van der Waals surface area contributed by atoms with Crippen LogP contribution in [0.2, 0.25) is 0 Å². The van der Waals surface area contributed by atoms with E-state index < -0.39 is 8.60 Å². The fourth-order valence-corrected chi connectivity index (χ4v) is 1.29. The van der Waals surface area contributed by atoms with Gasteiger partial charge in [-0.1, -0.05) is 18.2 Å². The summed E-state index contributed by atoms with van der Waals surface area (Å²) >= 11 is 0. The summed E-state index contributed by atoms with van der Waals surface area (Å²) in [6.45, 7) is 3.61. The summed E-state index contributed by atoms with van der Waals surface area (Å²) < 4.78 is 4.74. The van der Waals surface area contributed by atoms with Crippen LogP contribution in [-0.4, -0.2) is 9.79 Å². The zero-order chi connectivity index (χ0) is 9.68. The maximum atomic E-state index is 8.60. The smallest absolute Gasteiger partial charge is 0.391 e. The standard InChI is InChI=1S/C9H11O3P/c1-2-4-8-5-3-6-9(7-8)12-13(10)11/h2-3,5-7,10-11H,1,4H2. The Hall–Kier alpha value is -0.890. The van der Waals surface area contributed by atoms with Gasteiger partial charge >= 0.3 is 8.60 Å². The number of allylic oxidation sites excluding steroid dienone is 1. The minimum absolute atomic E-state index is 0.468. The van der Waals surface area contributed by atoms with E-state index in [0.717, 1.165) is 12.0 Å². The van der Waals surface area contributed by atoms with Crippen molar-refractivity contribution in [2.75, 3.05) is 0 Å². The Kier molecular flexibility index (Phi) is 3.90. The number of rotatable bonds is 4. The summed E-state index contributed by atoms with van der Waals surface area (Å²) in [6, 6.07) is 7.15. The Bertz CT molecular complexity index is 286. The molecule has 0 saturated heterocycles. The van der Waals surface area contributed by atoms with Crippen molar-refractivity contribution < 1.29 is 14.3 Å². The predicted molar refractivity (Wildman–Crippen MR) is 52.3 cm³/mol. The molecule has 1 rings (SSSR count). The minimum atomic E-state index is -2.32. The van der Waals surface area contributed by atoms with Crippen molar-refractivity contribution in [3.05, 3.63) is 42.5 Å². The average molecular weight is 198 g/mol. The molecule has 0 radical (unpaired) electrons. The van der Waals surface area contributed by atoms with E-state index >= 15 is 0 Å². The molecule has 0 heterocycles. The van der Waals surface area contributed by atoms with Gasteiger partial charge < -0.3 is 14.3 Å². The lowest BCUT2D eigenvalue weighted by Crippen LogP contribution is -1.86. The van der Waals surface area contributed by atoms with E-state index in [1.54, 1.807) is 24.3 Å². The van der Waals surface area contributed by atoms with E-state index in [2.05, 4.69) is 6.58 Å². The maximum Gasteiger partial charge on any atom is 0.391 e. The van der Waals surface area contributed by atoms with Crippen LogP contribution in [0.4, 0.5) is 0 Å². The second-order valence-electron chi connectivity index (χ2n) is 2.48. The van der Waals surface area contributed by atoms with Crippen LogP contribution in [0.3, 0.4) is 0 Å². The van der Waals surface area contributed by atoms with Crippen molar-refractivity contribution in [2.45, 2.75) is 6.42 Å². The number of hydrogen-bond acceptors (Lipinski definition) is 3. The molecule has 4 heteroatoms. The molecular formula is C9H11O3P. The van der Waals surface area contributed by atoms with Crippen LogP contribution in [0, 0.1) is 0 Å². The molecule has 1 aromatic carbocycles. The summed E-state index contributed by atoms with van der Waals surface area (Å²) in [6.07, 6.45) is 2.52. The largest absolute Gasteiger partial charge is 0.427 e. The first kappa shape index (κ1) is 10.2. The normalized spacial score (nSPS) is 10.1. The van der Waals surface area contributed by atoms with Crippen molar-refractivity contribution >= 4 is 8.60 Å². The molecule has 0 spiro atoms. The molecule has 0 amide bonds. The Morgan fingerprint density at radius 1 is 1.46 bits per heavy atom. The van der Waals surface area contributed by atoms with Gasteiger partial charge in [0.2, 0.25) is 0 Å². The predicted octanol–water partition coefficient (Wildman–Crippen LogP) is 2.01. The summed E-state index contributed by atoms with van der Waals surface area (Å²) in [5.41, 5.74) is 1.03. The first-order valence-corrected chi connectivity index (χ1v) is 4.94. The van der Waals surface area contributed by atoms with Gasteiger partial charge in [0.15, 0.2) is 0 Å². The first-order valence-electron chi connectivity index (χ1n) is 3.78. The van der Waals surface area contributed by atoms with Crippen molar-refractivity contribution in [3.8, 4) is 5.75 Å². The van der Waals surface area contributed by atoms with Gasteiger partial charge in [-0.2, -0.15) is 0 Å². The topological polar surface area (TPSA) is 49.7 Å². The quantitative estimate of drug-likeness (QED) is 0.574. The van der Waals surface area contributed by atoms with Gasteiger partial charge in [-0.15, -0.1) is 6.58 Å². The van der Waals surface area contributed by atoms with E-state index in [9.17, 15) is 0 Å². The zero-order valence-electron chi connectivity index (χ0n) is 7.05. The van der Waals surface area contributed by atoms with Crippen LogP contribution in [0.5, 0.6) is 5.75 Å². The van der Waals surface area contributed by atoms with Gasteiger partial charge in [-0.3, -0.25) is 0 Å². The summed E-state index contributed by atoms with van der Waals surface area (Å²) in [7, 11) is -2.32. The molecule has 3 nitrogen and oxygen atoms in total. The molecule has 70 valence electrons. The fraction of sp³-hybridized carbons (Fsp3) is 0.111. The second-order valence-corrected chi connectivity index (χ2v) is 3.17. The molecule has 0 aliphatic heterocycles. The molecule has 0 aromatic heterocycles. The van der Waals surface area contributed by atoms with Crippen LogP contribution in [0.25, 0.3) is 0 Å². The molecule has 0 aliphatic carbocycles. The van der Waals surface area contributed by atoms with E-state index in [0.29, 0.717) is 5.75 Å². The monoisotopic (exact) mass is 198 g/mol. The lowest BCUT2D eigenvalue weighted by molar-refractivity contribution is 0.375. The lowest BCUT2D eigenvalue weighted by atomic mass is 10.1. The van der Waals surface area contributed by atoms with Crippen LogP contribution < -0.4 is 4.52 Å². The Morgan fingerprint density at radius 3 is 2.85 bits per heavy atom. The van der Waals surface area contributed by atoms with Gasteiger partial charge in [0.25, 0.3) is 0 Å². The van der Waals surface area contributed by atoms with E-state index in [1.807, 2.05) is 6.07 Å². The number of hydrogen-bond donors (Lipinski definition) is 2. The minimum Gasteiger partial charge on any atom is -0.427 e. The van der Waals surface area contributed by atoms with Crippen molar-refractivity contribution in [2.24, 2.45) is 0 Å². The van der Waals surface area contributed by atoms with Crippen LogP contribution >= 0.6 is 8.60 Å². The van der Waals surface area contributed by atoms with Gasteiger partial charge in [-0.05, 0) is 24.1 Å². The van der Waals surface area contributed by atoms with Crippen molar-refractivity contribution in [1.29, 1.82) is 0 Å². The van der Waals surface area contributed by atoms with Crippen LogP contribution in [-0.2, 0) is 6.42 Å². The SMILES string of the molecule is C=CCc1cccc(OP(O)O)c1. The Morgan fingerprint density at radius 2 is 2.23 bits per heavy atom. The zero-order valence-corrected chi connectivity index (χ0v) is 7.95. The highest BCUT2D eigenvalue weighted by Gasteiger charge is 2.02. The Labute approximate surface area is 78.3 Å².